The van der Waals surface area contributed by atoms with E-state index in [1.165, 1.54) is 6.21 Å². The van der Waals surface area contributed by atoms with Crippen molar-refractivity contribution in [3.8, 4) is 0 Å². The molecule has 0 aromatic carbocycles. The molecular formula is C11H19NO. The van der Waals surface area contributed by atoms with Gasteiger partial charge in [0.25, 0.3) is 0 Å². The lowest BCUT2D eigenvalue weighted by atomic mass is 10.1. The number of hydrogen-bond donors (Lipinski definition) is 1. The molecule has 0 heterocycles. The third-order valence-corrected chi connectivity index (χ3v) is 1.98. The van der Waals surface area contributed by atoms with E-state index in [1.54, 1.807) is 6.92 Å². The van der Waals surface area contributed by atoms with Gasteiger partial charge in [0.05, 0.1) is 0 Å². The van der Waals surface area contributed by atoms with Crippen LogP contribution in [0.15, 0.2) is 12.2 Å². The Bertz CT molecular complexity index is 185. The van der Waals surface area contributed by atoms with Gasteiger partial charge in [0, 0.05) is 6.42 Å². The molecule has 2 heteroatoms. The van der Waals surface area contributed by atoms with Crippen LogP contribution in [-0.4, -0.2) is 12.0 Å². The van der Waals surface area contributed by atoms with Crippen molar-refractivity contribution in [1.29, 1.82) is 5.41 Å². The predicted octanol–water partition coefficient (Wildman–Crippen LogP) is 3.12. The molecule has 2 nitrogen and oxygen atoms in total. The van der Waals surface area contributed by atoms with E-state index in [9.17, 15) is 4.79 Å². The van der Waals surface area contributed by atoms with E-state index < -0.39 is 0 Å². The second kappa shape index (κ2) is 7.71. The Morgan fingerprint density at radius 1 is 1.31 bits per heavy atom. The highest BCUT2D eigenvalue weighted by Gasteiger charge is 2.00. The Kier molecular flexibility index (Phi) is 7.17. The highest BCUT2D eigenvalue weighted by Crippen LogP contribution is 2.07. The van der Waals surface area contributed by atoms with Gasteiger partial charge in [-0.2, -0.15) is 0 Å². The maximum atomic E-state index is 11.1. The molecule has 0 bridgehead atoms. The van der Waals surface area contributed by atoms with Crippen LogP contribution in [0.1, 0.15) is 45.4 Å². The minimum atomic E-state index is 0.187. The van der Waals surface area contributed by atoms with Gasteiger partial charge in [-0.15, -0.1) is 0 Å². The van der Waals surface area contributed by atoms with E-state index in [4.69, 9.17) is 5.41 Å². The van der Waals surface area contributed by atoms with Gasteiger partial charge in [0.2, 0.25) is 0 Å². The number of Topliss-reactive ketones (excluding diaryl/α,β-unsaturated/α-hetero) is 1. The molecule has 0 saturated carbocycles. The zero-order valence-corrected chi connectivity index (χ0v) is 8.44. The van der Waals surface area contributed by atoms with Gasteiger partial charge in [-0.25, -0.2) is 0 Å². The van der Waals surface area contributed by atoms with Gasteiger partial charge < -0.3 is 5.41 Å². The van der Waals surface area contributed by atoms with Crippen molar-refractivity contribution in [3.05, 3.63) is 12.2 Å². The number of unbranched alkanes of at least 4 members (excludes halogenated alkanes) is 4. The summed E-state index contributed by atoms with van der Waals surface area (Å²) in [5.74, 6) is 0.187. The average molecular weight is 181 g/mol. The number of hydrogen-bond acceptors (Lipinski definition) is 2. The summed E-state index contributed by atoms with van der Waals surface area (Å²) in [6, 6.07) is 0. The van der Waals surface area contributed by atoms with Crippen LogP contribution in [0, 0.1) is 5.41 Å². The van der Waals surface area contributed by atoms with Crippen LogP contribution < -0.4 is 0 Å². The third-order valence-electron chi connectivity index (χ3n) is 1.98. The summed E-state index contributed by atoms with van der Waals surface area (Å²) in [6.07, 6.45) is 7.20. The Balaban J connectivity index is 3.21. The molecule has 0 aliphatic heterocycles. The Labute approximate surface area is 80.5 Å². The highest BCUT2D eigenvalue weighted by molar-refractivity contribution is 5.93. The minimum Gasteiger partial charge on any atom is -0.313 e. The molecule has 0 spiro atoms. The maximum Gasteiger partial charge on any atom is 0.157 e. The lowest BCUT2D eigenvalue weighted by Crippen LogP contribution is -1.97. The molecule has 0 saturated heterocycles. The van der Waals surface area contributed by atoms with Gasteiger partial charge in [-0.05, 0) is 38.0 Å². The topological polar surface area (TPSA) is 40.9 Å². The smallest absolute Gasteiger partial charge is 0.157 e. The highest BCUT2D eigenvalue weighted by atomic mass is 16.1. The van der Waals surface area contributed by atoms with E-state index in [0.29, 0.717) is 12.0 Å². The maximum absolute atomic E-state index is 11.1. The van der Waals surface area contributed by atoms with E-state index in [2.05, 4.69) is 6.58 Å². The van der Waals surface area contributed by atoms with Gasteiger partial charge in [0.1, 0.15) is 0 Å². The van der Waals surface area contributed by atoms with Crippen molar-refractivity contribution < 1.29 is 4.79 Å². The first-order valence-electron chi connectivity index (χ1n) is 4.86. The summed E-state index contributed by atoms with van der Waals surface area (Å²) in [6.45, 7) is 5.37. The van der Waals surface area contributed by atoms with Crippen molar-refractivity contribution in [1.82, 2.24) is 0 Å². The van der Waals surface area contributed by atoms with Crippen LogP contribution in [-0.2, 0) is 4.79 Å². The summed E-state index contributed by atoms with van der Waals surface area (Å²) in [5.41, 5.74) is 0.666. The lowest BCUT2D eigenvalue weighted by Gasteiger charge is -1.99. The minimum absolute atomic E-state index is 0.187. The van der Waals surface area contributed by atoms with Crippen molar-refractivity contribution in [2.45, 2.75) is 45.4 Å². The Morgan fingerprint density at radius 3 is 2.46 bits per heavy atom. The molecule has 0 aromatic heterocycles. The van der Waals surface area contributed by atoms with Crippen molar-refractivity contribution in [3.63, 3.8) is 0 Å². The van der Waals surface area contributed by atoms with Crippen LogP contribution in [0.2, 0.25) is 0 Å². The molecule has 74 valence electrons. The monoisotopic (exact) mass is 181 g/mol. The second-order valence-corrected chi connectivity index (χ2v) is 3.36. The van der Waals surface area contributed by atoms with E-state index in [0.717, 1.165) is 32.1 Å². The number of carbonyl (C=O) groups excluding carboxylic acids is 1. The first-order chi connectivity index (χ1) is 6.18. The van der Waals surface area contributed by atoms with Crippen LogP contribution in [0.4, 0.5) is 0 Å². The quantitative estimate of drug-likeness (QED) is 0.349. The first kappa shape index (κ1) is 12.1. The normalized spacial score (nSPS) is 9.62. The Morgan fingerprint density at radius 2 is 1.92 bits per heavy atom. The van der Waals surface area contributed by atoms with Crippen LogP contribution in [0.5, 0.6) is 0 Å². The zero-order chi connectivity index (χ0) is 10.1. The number of carbonyl (C=O) groups is 1. The summed E-state index contributed by atoms with van der Waals surface area (Å²) in [4.78, 5) is 11.1. The molecule has 0 amide bonds. The van der Waals surface area contributed by atoms with E-state index in [-0.39, 0.29) is 5.78 Å². The number of ketones is 1. The molecular weight excluding hydrogens is 162 g/mol. The molecule has 0 aromatic rings. The molecule has 0 aliphatic rings. The Hall–Kier alpha value is -0.920. The second-order valence-electron chi connectivity index (χ2n) is 3.36. The van der Waals surface area contributed by atoms with Gasteiger partial charge in [-0.3, -0.25) is 4.79 Å². The first-order valence-corrected chi connectivity index (χ1v) is 4.86. The lowest BCUT2D eigenvalue weighted by molar-refractivity contribution is -0.115. The van der Waals surface area contributed by atoms with E-state index in [1.807, 2.05) is 0 Å². The number of nitrogens with one attached hydrogen (secondary N) is 1. The average Bonchev–Trinajstić information content (AvgIpc) is 2.10. The molecule has 0 rings (SSSR count). The van der Waals surface area contributed by atoms with Gasteiger partial charge in [-0.1, -0.05) is 19.4 Å². The van der Waals surface area contributed by atoms with Crippen LogP contribution >= 0.6 is 0 Å². The molecule has 0 atom stereocenters. The van der Waals surface area contributed by atoms with Gasteiger partial charge >= 0.3 is 0 Å². The fraction of sp³-hybridized carbons (Fsp3) is 0.636. The fourth-order valence-electron chi connectivity index (χ4n) is 1.10. The van der Waals surface area contributed by atoms with Crippen molar-refractivity contribution in [2.24, 2.45) is 0 Å². The molecule has 0 aliphatic carbocycles. The van der Waals surface area contributed by atoms with Crippen molar-refractivity contribution in [2.75, 3.05) is 0 Å². The summed E-state index contributed by atoms with van der Waals surface area (Å²) >= 11 is 0. The number of allylic oxidation sites excluding steroid dienone is 1. The molecule has 13 heavy (non-hydrogen) atoms. The molecule has 0 fully saturated rings. The number of rotatable bonds is 8. The molecule has 0 unspecified atom stereocenters. The third kappa shape index (κ3) is 7.44. The predicted molar refractivity (Wildman–Crippen MR) is 56.3 cm³/mol. The standard InChI is InChI=1S/C11H19NO/c1-10(2)11(13)8-6-4-3-5-7-9-12/h9,12H,1,3-8H2,2H3. The fourth-order valence-corrected chi connectivity index (χ4v) is 1.10. The summed E-state index contributed by atoms with van der Waals surface area (Å²) in [7, 11) is 0. The zero-order valence-electron chi connectivity index (χ0n) is 8.44. The molecule has 1 N–H and O–H groups in total. The van der Waals surface area contributed by atoms with Gasteiger partial charge in [0.15, 0.2) is 5.78 Å². The SMILES string of the molecule is C=C(C)C(=O)CCCCCCC=N. The van der Waals surface area contributed by atoms with E-state index >= 15 is 0 Å². The largest absolute Gasteiger partial charge is 0.313 e. The van der Waals surface area contributed by atoms with Crippen molar-refractivity contribution >= 4 is 12.0 Å². The molecule has 0 radical (unpaired) electrons. The van der Waals surface area contributed by atoms with Crippen LogP contribution in [0.25, 0.3) is 0 Å². The van der Waals surface area contributed by atoms with Crippen LogP contribution in [0.3, 0.4) is 0 Å². The summed E-state index contributed by atoms with van der Waals surface area (Å²) in [5, 5.41) is 6.82. The summed E-state index contributed by atoms with van der Waals surface area (Å²) < 4.78 is 0.